The van der Waals surface area contributed by atoms with Gasteiger partial charge < -0.3 is 5.73 Å². The molecule has 1 aromatic heterocycles. The van der Waals surface area contributed by atoms with Gasteiger partial charge in [-0.25, -0.2) is 0 Å². The molecule has 2 aliphatic rings. The molecule has 1 aromatic rings. The number of Topliss-reactive ketones (excluding diaryl/α,β-unsaturated/α-hetero) is 1. The molecule has 0 amide bonds. The fourth-order valence-corrected chi connectivity index (χ4v) is 3.63. The van der Waals surface area contributed by atoms with Crippen LogP contribution in [0.5, 0.6) is 0 Å². The van der Waals surface area contributed by atoms with E-state index in [4.69, 9.17) is 5.73 Å². The van der Waals surface area contributed by atoms with Crippen molar-refractivity contribution in [1.29, 1.82) is 0 Å². The molecular weight excluding hydrogens is 212 g/mol. The molecule has 0 aromatic carbocycles. The lowest BCUT2D eigenvalue weighted by Gasteiger charge is -2.27. The molecule has 4 unspecified atom stereocenters. The highest BCUT2D eigenvalue weighted by Gasteiger charge is 2.49. The molecule has 3 heteroatoms. The molecule has 3 rings (SSSR count). The number of fused-ring (bicyclic) bond motifs is 2. The van der Waals surface area contributed by atoms with Crippen LogP contribution in [-0.2, 0) is 0 Å². The first-order chi connectivity index (χ1) is 8.18. The molecule has 2 N–H and O–H groups in total. The van der Waals surface area contributed by atoms with Crippen LogP contribution in [0.2, 0.25) is 0 Å². The predicted molar refractivity (Wildman–Crippen MR) is 65.6 cm³/mol. The molecular formula is C14H18N2O. The standard InChI is InChI=1S/C14H18N2O/c1-8-4-5-16-7-11(8)14(17)12-9-2-3-10(6-9)13(12)15/h4-5,7,9-10,12-13H,2-3,6,15H2,1H3. The number of aromatic nitrogens is 1. The summed E-state index contributed by atoms with van der Waals surface area (Å²) in [6.45, 7) is 1.97. The SMILES string of the molecule is Cc1ccncc1C(=O)C1C2CCC(C2)C1N. The van der Waals surface area contributed by atoms with Crippen molar-refractivity contribution in [3.63, 3.8) is 0 Å². The van der Waals surface area contributed by atoms with Crippen LogP contribution in [0.15, 0.2) is 18.5 Å². The fraction of sp³-hybridized carbons (Fsp3) is 0.571. The first-order valence-corrected chi connectivity index (χ1v) is 6.39. The minimum atomic E-state index is 0.0386. The molecule has 4 atom stereocenters. The van der Waals surface area contributed by atoms with E-state index in [1.54, 1.807) is 12.4 Å². The maximum absolute atomic E-state index is 12.5. The third-order valence-corrected chi connectivity index (χ3v) is 4.59. The molecule has 2 saturated carbocycles. The summed E-state index contributed by atoms with van der Waals surface area (Å²) in [7, 11) is 0. The number of nitrogens with zero attached hydrogens (tertiary/aromatic N) is 1. The molecule has 90 valence electrons. The first kappa shape index (κ1) is 10.9. The Morgan fingerprint density at radius 2 is 2.18 bits per heavy atom. The Morgan fingerprint density at radius 1 is 1.41 bits per heavy atom. The molecule has 0 spiro atoms. The quantitative estimate of drug-likeness (QED) is 0.790. The van der Waals surface area contributed by atoms with Crippen molar-refractivity contribution >= 4 is 5.78 Å². The van der Waals surface area contributed by atoms with Gasteiger partial charge in [0.05, 0.1) is 0 Å². The zero-order valence-electron chi connectivity index (χ0n) is 10.1. The molecule has 2 fully saturated rings. The molecule has 0 radical (unpaired) electrons. The Morgan fingerprint density at radius 3 is 2.82 bits per heavy atom. The highest BCUT2D eigenvalue weighted by molar-refractivity contribution is 5.99. The van der Waals surface area contributed by atoms with Gasteiger partial charge in [0.1, 0.15) is 0 Å². The highest BCUT2D eigenvalue weighted by atomic mass is 16.1. The lowest BCUT2D eigenvalue weighted by atomic mass is 9.80. The van der Waals surface area contributed by atoms with Crippen LogP contribution >= 0.6 is 0 Å². The van der Waals surface area contributed by atoms with Crippen LogP contribution < -0.4 is 5.73 Å². The summed E-state index contributed by atoms with van der Waals surface area (Å²) in [5, 5.41) is 0. The summed E-state index contributed by atoms with van der Waals surface area (Å²) >= 11 is 0. The van der Waals surface area contributed by atoms with Crippen LogP contribution in [0.25, 0.3) is 0 Å². The topological polar surface area (TPSA) is 56.0 Å². The minimum Gasteiger partial charge on any atom is -0.327 e. The number of hydrogen-bond acceptors (Lipinski definition) is 3. The average Bonchev–Trinajstić information content (AvgIpc) is 2.89. The number of ketones is 1. The predicted octanol–water partition coefficient (Wildman–Crippen LogP) is 1.95. The molecule has 0 saturated heterocycles. The molecule has 2 bridgehead atoms. The minimum absolute atomic E-state index is 0.0386. The summed E-state index contributed by atoms with van der Waals surface area (Å²) in [6, 6.07) is 1.97. The molecule has 2 aliphatic carbocycles. The van der Waals surface area contributed by atoms with Crippen molar-refractivity contribution in [1.82, 2.24) is 4.98 Å². The first-order valence-electron chi connectivity index (χ1n) is 6.39. The van der Waals surface area contributed by atoms with Crippen molar-refractivity contribution in [2.75, 3.05) is 0 Å². The number of carbonyl (C=O) groups is 1. The maximum Gasteiger partial charge on any atom is 0.169 e. The van der Waals surface area contributed by atoms with Crippen molar-refractivity contribution in [2.24, 2.45) is 23.5 Å². The maximum atomic E-state index is 12.5. The van der Waals surface area contributed by atoms with Gasteiger partial charge in [0, 0.05) is 29.9 Å². The highest BCUT2D eigenvalue weighted by Crippen LogP contribution is 2.48. The molecule has 1 heterocycles. The molecule has 17 heavy (non-hydrogen) atoms. The number of nitrogens with two attached hydrogens (primary N) is 1. The van der Waals surface area contributed by atoms with Crippen molar-refractivity contribution in [2.45, 2.75) is 32.2 Å². The Bertz CT molecular complexity index is 455. The lowest BCUT2D eigenvalue weighted by Crippen LogP contribution is -2.40. The number of aryl methyl sites for hydroxylation is 1. The van der Waals surface area contributed by atoms with E-state index in [2.05, 4.69) is 4.98 Å². The second kappa shape index (κ2) is 3.91. The third-order valence-electron chi connectivity index (χ3n) is 4.59. The van der Waals surface area contributed by atoms with Crippen LogP contribution in [0.1, 0.15) is 35.2 Å². The Kier molecular flexibility index (Phi) is 2.51. The second-order valence-corrected chi connectivity index (χ2v) is 5.49. The van der Waals surface area contributed by atoms with Crippen LogP contribution in [0.4, 0.5) is 0 Å². The van der Waals surface area contributed by atoms with Gasteiger partial charge in [-0.2, -0.15) is 0 Å². The van der Waals surface area contributed by atoms with Gasteiger partial charge in [-0.1, -0.05) is 0 Å². The Hall–Kier alpha value is -1.22. The largest absolute Gasteiger partial charge is 0.327 e. The van der Waals surface area contributed by atoms with Gasteiger partial charge in [0.2, 0.25) is 0 Å². The molecule has 3 nitrogen and oxygen atoms in total. The van der Waals surface area contributed by atoms with E-state index in [9.17, 15) is 4.79 Å². The van der Waals surface area contributed by atoms with E-state index in [0.29, 0.717) is 11.8 Å². The van der Waals surface area contributed by atoms with Gasteiger partial charge in [0.15, 0.2) is 5.78 Å². The van der Waals surface area contributed by atoms with Crippen LogP contribution in [0, 0.1) is 24.7 Å². The van der Waals surface area contributed by atoms with Gasteiger partial charge in [-0.15, -0.1) is 0 Å². The smallest absolute Gasteiger partial charge is 0.169 e. The van der Waals surface area contributed by atoms with E-state index in [1.807, 2.05) is 13.0 Å². The summed E-state index contributed by atoms with van der Waals surface area (Å²) in [6.07, 6.45) is 6.95. The van der Waals surface area contributed by atoms with E-state index < -0.39 is 0 Å². The van der Waals surface area contributed by atoms with E-state index in [0.717, 1.165) is 17.5 Å². The van der Waals surface area contributed by atoms with Crippen molar-refractivity contribution in [3.8, 4) is 0 Å². The Balaban J connectivity index is 1.91. The normalized spacial score (nSPS) is 35.2. The Labute approximate surface area is 101 Å². The second-order valence-electron chi connectivity index (χ2n) is 5.49. The summed E-state index contributed by atoms with van der Waals surface area (Å²) < 4.78 is 0. The van der Waals surface area contributed by atoms with Crippen molar-refractivity contribution in [3.05, 3.63) is 29.6 Å². The number of rotatable bonds is 2. The lowest BCUT2D eigenvalue weighted by molar-refractivity contribution is 0.0855. The van der Waals surface area contributed by atoms with Gasteiger partial charge >= 0.3 is 0 Å². The monoisotopic (exact) mass is 230 g/mol. The van der Waals surface area contributed by atoms with Crippen molar-refractivity contribution < 1.29 is 4.79 Å². The number of hydrogen-bond donors (Lipinski definition) is 1. The molecule has 0 aliphatic heterocycles. The number of pyridine rings is 1. The van der Waals surface area contributed by atoms with Gasteiger partial charge in [-0.3, -0.25) is 9.78 Å². The zero-order chi connectivity index (χ0) is 12.0. The summed E-state index contributed by atoms with van der Waals surface area (Å²) in [5.74, 6) is 1.35. The van der Waals surface area contributed by atoms with E-state index >= 15 is 0 Å². The van der Waals surface area contributed by atoms with E-state index in [-0.39, 0.29) is 17.7 Å². The van der Waals surface area contributed by atoms with Crippen LogP contribution in [-0.4, -0.2) is 16.8 Å². The zero-order valence-corrected chi connectivity index (χ0v) is 10.1. The summed E-state index contributed by atoms with van der Waals surface area (Å²) in [4.78, 5) is 16.6. The number of carbonyl (C=O) groups excluding carboxylic acids is 1. The average molecular weight is 230 g/mol. The summed E-state index contributed by atoms with van der Waals surface area (Å²) in [5.41, 5.74) is 7.99. The van der Waals surface area contributed by atoms with Gasteiger partial charge in [0.25, 0.3) is 0 Å². The third kappa shape index (κ3) is 1.61. The fourth-order valence-electron chi connectivity index (χ4n) is 3.63. The van der Waals surface area contributed by atoms with E-state index in [1.165, 1.54) is 12.8 Å². The van der Waals surface area contributed by atoms with Gasteiger partial charge in [-0.05, 0) is 49.7 Å². The van der Waals surface area contributed by atoms with Crippen LogP contribution in [0.3, 0.4) is 0 Å².